The standard InChI is InChI=1S/C13H11N5O2S/c1-8(19)15-10-4-2-9(3-5-10)11-7-21-13-16-14-6-12(20)18(13)17-11/h2-6H,7H2,1H3,(H,15,19). The van der Waals surface area contributed by atoms with Crippen molar-refractivity contribution in [3.63, 3.8) is 0 Å². The van der Waals surface area contributed by atoms with Crippen LogP contribution in [-0.2, 0) is 4.79 Å². The number of rotatable bonds is 2. The molecular weight excluding hydrogens is 290 g/mol. The lowest BCUT2D eigenvalue weighted by atomic mass is 10.1. The van der Waals surface area contributed by atoms with Gasteiger partial charge in [-0.15, -0.1) is 5.10 Å². The molecule has 0 saturated heterocycles. The number of thioether (sulfide) groups is 1. The van der Waals surface area contributed by atoms with Crippen molar-refractivity contribution in [3.05, 3.63) is 46.4 Å². The van der Waals surface area contributed by atoms with Crippen molar-refractivity contribution in [3.8, 4) is 0 Å². The summed E-state index contributed by atoms with van der Waals surface area (Å²) in [7, 11) is 0. The fourth-order valence-corrected chi connectivity index (χ4v) is 2.72. The monoisotopic (exact) mass is 301 g/mol. The van der Waals surface area contributed by atoms with Gasteiger partial charge in [-0.2, -0.15) is 14.9 Å². The third kappa shape index (κ3) is 2.84. The maximum Gasteiger partial charge on any atom is 0.293 e. The first-order valence-corrected chi connectivity index (χ1v) is 7.15. The molecule has 0 aliphatic carbocycles. The number of benzene rings is 1. The lowest BCUT2D eigenvalue weighted by molar-refractivity contribution is -0.114. The minimum Gasteiger partial charge on any atom is -0.326 e. The first-order chi connectivity index (χ1) is 10.1. The molecule has 3 rings (SSSR count). The molecule has 0 fully saturated rings. The van der Waals surface area contributed by atoms with Gasteiger partial charge in [-0.3, -0.25) is 9.59 Å². The van der Waals surface area contributed by atoms with Crippen molar-refractivity contribution < 1.29 is 4.79 Å². The van der Waals surface area contributed by atoms with Crippen molar-refractivity contribution in [2.24, 2.45) is 5.10 Å². The van der Waals surface area contributed by atoms with Crippen LogP contribution in [-0.4, -0.2) is 32.2 Å². The molecule has 0 radical (unpaired) electrons. The van der Waals surface area contributed by atoms with E-state index in [9.17, 15) is 9.59 Å². The Morgan fingerprint density at radius 1 is 1.33 bits per heavy atom. The highest BCUT2D eigenvalue weighted by molar-refractivity contribution is 7.99. The number of aromatic nitrogens is 3. The van der Waals surface area contributed by atoms with E-state index in [-0.39, 0.29) is 11.5 Å². The zero-order valence-electron chi connectivity index (χ0n) is 11.1. The van der Waals surface area contributed by atoms with Gasteiger partial charge in [0.15, 0.2) is 0 Å². The summed E-state index contributed by atoms with van der Waals surface area (Å²) in [5.41, 5.74) is 2.08. The number of anilines is 1. The Kier molecular flexibility index (Phi) is 3.53. The molecule has 1 aromatic heterocycles. The molecule has 1 N–H and O–H groups in total. The molecule has 0 unspecified atom stereocenters. The topological polar surface area (TPSA) is 89.2 Å². The van der Waals surface area contributed by atoms with Crippen LogP contribution in [0.3, 0.4) is 0 Å². The second kappa shape index (κ2) is 5.49. The predicted octanol–water partition coefficient (Wildman–Crippen LogP) is 0.955. The van der Waals surface area contributed by atoms with E-state index in [1.165, 1.54) is 23.4 Å². The van der Waals surface area contributed by atoms with Crippen LogP contribution in [0.2, 0.25) is 0 Å². The zero-order chi connectivity index (χ0) is 14.8. The van der Waals surface area contributed by atoms with Gasteiger partial charge in [0.05, 0.1) is 5.71 Å². The molecule has 7 nitrogen and oxygen atoms in total. The summed E-state index contributed by atoms with van der Waals surface area (Å²) < 4.78 is 1.25. The SMILES string of the molecule is CC(=O)Nc1ccc(C2=Nn3c(nncc3=O)SC2)cc1. The molecule has 0 atom stereocenters. The maximum absolute atomic E-state index is 11.7. The highest BCUT2D eigenvalue weighted by Crippen LogP contribution is 2.21. The number of carbonyl (C=O) groups is 1. The van der Waals surface area contributed by atoms with Crippen molar-refractivity contribution in [1.82, 2.24) is 14.9 Å². The highest BCUT2D eigenvalue weighted by atomic mass is 32.2. The van der Waals surface area contributed by atoms with Crippen LogP contribution in [0.25, 0.3) is 0 Å². The van der Waals surface area contributed by atoms with Crippen molar-refractivity contribution in [1.29, 1.82) is 0 Å². The van der Waals surface area contributed by atoms with E-state index < -0.39 is 0 Å². The number of nitrogens with zero attached hydrogens (tertiary/aromatic N) is 4. The Balaban J connectivity index is 1.93. The fourth-order valence-electron chi connectivity index (χ4n) is 1.87. The van der Waals surface area contributed by atoms with Crippen LogP contribution in [0, 0.1) is 0 Å². The maximum atomic E-state index is 11.7. The second-order valence-electron chi connectivity index (χ2n) is 4.37. The zero-order valence-corrected chi connectivity index (χ0v) is 11.9. The lowest BCUT2D eigenvalue weighted by Gasteiger charge is -2.14. The Bertz CT molecular complexity index is 782. The van der Waals surface area contributed by atoms with Crippen molar-refractivity contribution in [2.75, 3.05) is 11.1 Å². The molecule has 2 heterocycles. The summed E-state index contributed by atoms with van der Waals surface area (Å²) >= 11 is 1.41. The van der Waals surface area contributed by atoms with Gasteiger partial charge in [-0.05, 0) is 17.7 Å². The summed E-state index contributed by atoms with van der Waals surface area (Å²) in [4.78, 5) is 22.7. The normalized spacial score (nSPS) is 13.3. The number of nitrogens with one attached hydrogen (secondary N) is 1. The number of hydrogen-bond acceptors (Lipinski definition) is 6. The van der Waals surface area contributed by atoms with Gasteiger partial charge in [0.2, 0.25) is 11.1 Å². The third-order valence-corrected chi connectivity index (χ3v) is 3.73. The number of carbonyl (C=O) groups excluding carboxylic acids is 1. The summed E-state index contributed by atoms with van der Waals surface area (Å²) in [6.07, 6.45) is 1.14. The molecule has 0 bridgehead atoms. The Hall–Kier alpha value is -2.48. The van der Waals surface area contributed by atoms with Crippen LogP contribution >= 0.6 is 11.8 Å². The molecule has 1 aromatic carbocycles. The minimum atomic E-state index is -0.306. The van der Waals surface area contributed by atoms with Crippen molar-refractivity contribution in [2.45, 2.75) is 12.1 Å². The first kappa shape index (κ1) is 13.5. The Morgan fingerprint density at radius 3 is 2.81 bits per heavy atom. The predicted molar refractivity (Wildman–Crippen MR) is 79.7 cm³/mol. The van der Waals surface area contributed by atoms with Gasteiger partial charge in [0, 0.05) is 18.4 Å². The summed E-state index contributed by atoms with van der Waals surface area (Å²) in [5, 5.41) is 15.0. The molecule has 1 amide bonds. The Morgan fingerprint density at radius 2 is 2.10 bits per heavy atom. The number of fused-ring (bicyclic) bond motifs is 1. The average molecular weight is 301 g/mol. The number of hydrogen-bond donors (Lipinski definition) is 1. The fraction of sp³-hybridized carbons (Fsp3) is 0.154. The summed E-state index contributed by atoms with van der Waals surface area (Å²) in [5.74, 6) is 0.491. The van der Waals surface area contributed by atoms with Crippen LogP contribution in [0.15, 0.2) is 45.5 Å². The van der Waals surface area contributed by atoms with Gasteiger partial charge < -0.3 is 5.32 Å². The second-order valence-corrected chi connectivity index (χ2v) is 5.31. The molecule has 21 heavy (non-hydrogen) atoms. The molecule has 106 valence electrons. The van der Waals surface area contributed by atoms with E-state index in [0.29, 0.717) is 10.9 Å². The van der Waals surface area contributed by atoms with Crippen LogP contribution in [0.1, 0.15) is 12.5 Å². The van der Waals surface area contributed by atoms with Crippen LogP contribution < -0.4 is 10.9 Å². The quantitative estimate of drug-likeness (QED) is 0.892. The van der Waals surface area contributed by atoms with Gasteiger partial charge >= 0.3 is 0 Å². The van der Waals surface area contributed by atoms with Gasteiger partial charge in [0.1, 0.15) is 6.20 Å². The molecule has 1 aliphatic heterocycles. The van der Waals surface area contributed by atoms with E-state index in [4.69, 9.17) is 0 Å². The smallest absolute Gasteiger partial charge is 0.293 e. The average Bonchev–Trinajstić information content (AvgIpc) is 2.48. The minimum absolute atomic E-state index is 0.118. The lowest BCUT2D eigenvalue weighted by Crippen LogP contribution is -2.25. The van der Waals surface area contributed by atoms with E-state index in [1.807, 2.05) is 12.1 Å². The third-order valence-electron chi connectivity index (χ3n) is 2.80. The molecule has 2 aromatic rings. The van der Waals surface area contributed by atoms with Gasteiger partial charge in [-0.1, -0.05) is 23.9 Å². The van der Waals surface area contributed by atoms with E-state index in [1.54, 1.807) is 12.1 Å². The van der Waals surface area contributed by atoms with Crippen LogP contribution in [0.5, 0.6) is 0 Å². The number of amides is 1. The van der Waals surface area contributed by atoms with E-state index in [2.05, 4.69) is 20.6 Å². The molecule has 0 saturated carbocycles. The molecule has 8 heteroatoms. The summed E-state index contributed by atoms with van der Waals surface area (Å²) in [6, 6.07) is 7.31. The molecule has 1 aliphatic rings. The first-order valence-electron chi connectivity index (χ1n) is 6.17. The van der Waals surface area contributed by atoms with Crippen LogP contribution in [0.4, 0.5) is 5.69 Å². The van der Waals surface area contributed by atoms with E-state index >= 15 is 0 Å². The van der Waals surface area contributed by atoms with Gasteiger partial charge in [0.25, 0.3) is 5.56 Å². The Labute approximate surface area is 124 Å². The molecule has 0 spiro atoms. The van der Waals surface area contributed by atoms with Crippen molar-refractivity contribution >= 4 is 29.1 Å². The summed E-state index contributed by atoms with van der Waals surface area (Å²) in [6.45, 7) is 1.46. The van der Waals surface area contributed by atoms with E-state index in [0.717, 1.165) is 23.2 Å². The van der Waals surface area contributed by atoms with Gasteiger partial charge in [-0.25, -0.2) is 0 Å². The largest absolute Gasteiger partial charge is 0.326 e. The molecular formula is C13H11N5O2S. The highest BCUT2D eigenvalue weighted by Gasteiger charge is 2.16.